The number of amides is 1. The third-order valence-electron chi connectivity index (χ3n) is 5.75. The highest BCUT2D eigenvalue weighted by Crippen LogP contribution is 2.28. The Bertz CT molecular complexity index is 1020. The van der Waals surface area contributed by atoms with E-state index >= 15 is 0 Å². The van der Waals surface area contributed by atoms with Crippen LogP contribution < -0.4 is 15.6 Å². The van der Waals surface area contributed by atoms with Crippen LogP contribution in [0.4, 0.5) is 11.5 Å². The minimum atomic E-state index is -1.02. The highest BCUT2D eigenvalue weighted by molar-refractivity contribution is 5.95. The number of carboxylic acids is 1. The van der Waals surface area contributed by atoms with Crippen molar-refractivity contribution in [2.45, 2.75) is 52.6 Å². The molecule has 3 rings (SSSR count). The number of carbonyl (C=O) groups is 2. The van der Waals surface area contributed by atoms with Gasteiger partial charge in [-0.15, -0.1) is 0 Å². The second-order valence-electron chi connectivity index (χ2n) is 7.99. The largest absolute Gasteiger partial charge is 0.478 e. The number of rotatable bonds is 10. The van der Waals surface area contributed by atoms with E-state index in [9.17, 15) is 9.59 Å². The van der Waals surface area contributed by atoms with E-state index in [2.05, 4.69) is 15.7 Å². The second-order valence-corrected chi connectivity index (χ2v) is 7.99. The maximum Gasteiger partial charge on any atom is 0.335 e. The van der Waals surface area contributed by atoms with Crippen LogP contribution in [0, 0.1) is 0 Å². The van der Waals surface area contributed by atoms with Gasteiger partial charge < -0.3 is 20.5 Å². The summed E-state index contributed by atoms with van der Waals surface area (Å²) in [6.45, 7) is 8.35. The highest BCUT2D eigenvalue weighted by atomic mass is 16.5. The molecule has 9 nitrogen and oxygen atoms in total. The molecule has 0 bridgehead atoms. The van der Waals surface area contributed by atoms with Gasteiger partial charge in [-0.25, -0.2) is 14.8 Å². The molecule has 2 heterocycles. The number of aryl methyl sites for hydroxylation is 1. The minimum absolute atomic E-state index is 0.141. The Morgan fingerprint density at radius 1 is 1.21 bits per heavy atom. The number of hydrogen-bond donors (Lipinski definition) is 3. The van der Waals surface area contributed by atoms with Crippen molar-refractivity contribution in [2.75, 3.05) is 30.1 Å². The summed E-state index contributed by atoms with van der Waals surface area (Å²) in [5, 5.41) is 22.0. The number of hydrazone groups is 1. The van der Waals surface area contributed by atoms with E-state index in [1.165, 1.54) is 24.3 Å². The molecule has 3 N–H and O–H groups in total. The van der Waals surface area contributed by atoms with Crippen LogP contribution in [0.3, 0.4) is 0 Å². The van der Waals surface area contributed by atoms with Gasteiger partial charge >= 0.3 is 5.97 Å². The SMILES string of the molecule is C/C=N\N(CC)c1cc(NC2CCOCC2)c(CNC(=O)c2ccc(C(=O)O)cc2)c(CC)n1. The maximum absolute atomic E-state index is 12.8. The molecule has 1 fully saturated rings. The first-order valence-corrected chi connectivity index (χ1v) is 11.7. The van der Waals surface area contributed by atoms with Crippen LogP contribution in [0.2, 0.25) is 0 Å². The molecule has 0 spiro atoms. The molecule has 1 aromatic heterocycles. The quantitative estimate of drug-likeness (QED) is 0.360. The van der Waals surface area contributed by atoms with Gasteiger partial charge in [0, 0.05) is 67.1 Å². The van der Waals surface area contributed by atoms with E-state index in [0.29, 0.717) is 25.1 Å². The van der Waals surface area contributed by atoms with Gasteiger partial charge in [0.05, 0.1) is 5.56 Å². The number of carbonyl (C=O) groups excluding carboxylic acids is 1. The van der Waals surface area contributed by atoms with Crippen LogP contribution in [-0.2, 0) is 17.7 Å². The first-order valence-electron chi connectivity index (χ1n) is 11.7. The molecular formula is C25H33N5O4. The van der Waals surface area contributed by atoms with Gasteiger partial charge in [-0.3, -0.25) is 4.79 Å². The smallest absolute Gasteiger partial charge is 0.335 e. The standard InChI is InChI=1S/C25H33N5O4/c1-4-21-20(16-26-24(31)17-7-9-18(10-8-17)25(32)33)22(28-19-11-13-34-14-12-19)15-23(29-21)30(6-3)27-5-2/h5,7-10,15,19H,4,6,11-14,16H2,1-3H3,(H,26,31)(H,28,29)(H,32,33)/b27-5-. The molecule has 0 radical (unpaired) electrons. The van der Waals surface area contributed by atoms with E-state index in [0.717, 1.165) is 48.8 Å². The predicted octanol–water partition coefficient (Wildman–Crippen LogP) is 3.70. The highest BCUT2D eigenvalue weighted by Gasteiger charge is 2.20. The van der Waals surface area contributed by atoms with E-state index in [1.807, 2.05) is 31.8 Å². The summed E-state index contributed by atoms with van der Waals surface area (Å²) in [4.78, 5) is 28.7. The van der Waals surface area contributed by atoms with Gasteiger partial charge in [0.1, 0.15) is 0 Å². The molecule has 2 aromatic rings. The first kappa shape index (κ1) is 25.2. The number of nitrogens with one attached hydrogen (secondary N) is 2. The lowest BCUT2D eigenvalue weighted by Crippen LogP contribution is -2.30. The monoisotopic (exact) mass is 467 g/mol. The van der Waals surface area contributed by atoms with Crippen LogP contribution in [0.15, 0.2) is 35.4 Å². The van der Waals surface area contributed by atoms with Crippen molar-refractivity contribution in [3.8, 4) is 0 Å². The molecule has 1 amide bonds. The summed E-state index contributed by atoms with van der Waals surface area (Å²) in [5.41, 5.74) is 3.30. The zero-order valence-corrected chi connectivity index (χ0v) is 20.0. The summed E-state index contributed by atoms with van der Waals surface area (Å²) in [5.74, 6) is -0.541. The number of nitrogens with zero attached hydrogens (tertiary/aromatic N) is 3. The molecule has 1 aliphatic heterocycles. The molecular weight excluding hydrogens is 434 g/mol. The topological polar surface area (TPSA) is 116 Å². The van der Waals surface area contributed by atoms with Crippen molar-refractivity contribution in [1.82, 2.24) is 10.3 Å². The van der Waals surface area contributed by atoms with E-state index in [-0.39, 0.29) is 17.5 Å². The molecule has 1 aliphatic rings. The number of benzene rings is 1. The van der Waals surface area contributed by atoms with E-state index in [4.69, 9.17) is 14.8 Å². The summed E-state index contributed by atoms with van der Waals surface area (Å²) < 4.78 is 5.50. The molecule has 0 saturated carbocycles. The Morgan fingerprint density at radius 2 is 1.88 bits per heavy atom. The van der Waals surface area contributed by atoms with E-state index < -0.39 is 5.97 Å². The number of aromatic nitrogens is 1. The van der Waals surface area contributed by atoms with Gasteiger partial charge in [-0.1, -0.05) is 6.92 Å². The minimum Gasteiger partial charge on any atom is -0.478 e. The summed E-state index contributed by atoms with van der Waals surface area (Å²) in [6, 6.07) is 8.16. The fraction of sp³-hybridized carbons (Fsp3) is 0.440. The van der Waals surface area contributed by atoms with Crippen molar-refractivity contribution in [2.24, 2.45) is 5.10 Å². The lowest BCUT2D eigenvalue weighted by molar-refractivity contribution is 0.0696. The average Bonchev–Trinajstić information content (AvgIpc) is 2.86. The van der Waals surface area contributed by atoms with Gasteiger partial charge in [0.25, 0.3) is 5.91 Å². The maximum atomic E-state index is 12.8. The Morgan fingerprint density at radius 3 is 2.47 bits per heavy atom. The van der Waals surface area contributed by atoms with Crippen molar-refractivity contribution < 1.29 is 19.4 Å². The summed E-state index contributed by atoms with van der Waals surface area (Å²) in [7, 11) is 0. The normalized spacial score (nSPS) is 14.2. The third-order valence-corrected chi connectivity index (χ3v) is 5.75. The number of aromatic carboxylic acids is 1. The molecule has 0 atom stereocenters. The van der Waals surface area contributed by atoms with Gasteiger partial charge in [-0.05, 0) is 57.4 Å². The Labute approximate surface area is 200 Å². The van der Waals surface area contributed by atoms with Crippen LogP contribution in [-0.4, -0.2) is 54.0 Å². The number of pyridine rings is 1. The van der Waals surface area contributed by atoms with Gasteiger partial charge in [0.2, 0.25) is 0 Å². The fourth-order valence-corrected chi connectivity index (χ4v) is 3.90. The number of hydrogen-bond acceptors (Lipinski definition) is 7. The molecule has 0 aliphatic carbocycles. The van der Waals surface area contributed by atoms with Crippen LogP contribution in [0.1, 0.15) is 65.6 Å². The first-order chi connectivity index (χ1) is 16.5. The van der Waals surface area contributed by atoms with Gasteiger partial charge in [0.15, 0.2) is 5.82 Å². The fourth-order valence-electron chi connectivity index (χ4n) is 3.90. The lowest BCUT2D eigenvalue weighted by atomic mass is 10.0. The van der Waals surface area contributed by atoms with Crippen LogP contribution in [0.25, 0.3) is 0 Å². The second kappa shape index (κ2) is 12.1. The number of carboxylic acid groups (broad SMARTS) is 1. The Hall–Kier alpha value is -3.46. The van der Waals surface area contributed by atoms with Crippen LogP contribution in [0.5, 0.6) is 0 Å². The molecule has 9 heteroatoms. The zero-order valence-electron chi connectivity index (χ0n) is 20.0. The summed E-state index contributed by atoms with van der Waals surface area (Å²) >= 11 is 0. The number of anilines is 2. The summed E-state index contributed by atoms with van der Waals surface area (Å²) in [6.07, 6.45) is 4.26. The van der Waals surface area contributed by atoms with Crippen molar-refractivity contribution in [3.63, 3.8) is 0 Å². The van der Waals surface area contributed by atoms with E-state index in [1.54, 1.807) is 6.21 Å². The predicted molar refractivity (Wildman–Crippen MR) is 133 cm³/mol. The third kappa shape index (κ3) is 6.32. The van der Waals surface area contributed by atoms with Crippen LogP contribution >= 0.6 is 0 Å². The number of ether oxygens (including phenoxy) is 1. The van der Waals surface area contributed by atoms with Crippen molar-refractivity contribution >= 4 is 29.6 Å². The Kier molecular flexibility index (Phi) is 8.98. The lowest BCUT2D eigenvalue weighted by Gasteiger charge is -2.27. The molecule has 1 aromatic carbocycles. The zero-order chi connectivity index (χ0) is 24.5. The average molecular weight is 468 g/mol. The molecule has 34 heavy (non-hydrogen) atoms. The molecule has 0 unspecified atom stereocenters. The van der Waals surface area contributed by atoms with Gasteiger partial charge in [-0.2, -0.15) is 5.10 Å². The van der Waals surface area contributed by atoms with Crippen molar-refractivity contribution in [1.29, 1.82) is 0 Å². The Balaban J connectivity index is 1.88. The van der Waals surface area contributed by atoms with Crippen molar-refractivity contribution in [3.05, 3.63) is 52.7 Å². The molecule has 1 saturated heterocycles. The molecule has 182 valence electrons.